The molecule has 3 aromatic rings. The first kappa shape index (κ1) is 15.7. The summed E-state index contributed by atoms with van der Waals surface area (Å²) in [4.78, 5) is 4.42. The zero-order chi connectivity index (χ0) is 17.1. The zero-order valence-electron chi connectivity index (χ0n) is 13.7. The van der Waals surface area contributed by atoms with Gasteiger partial charge in [0.1, 0.15) is 0 Å². The third-order valence-electron chi connectivity index (χ3n) is 4.23. The number of rotatable bonds is 2. The van der Waals surface area contributed by atoms with Gasteiger partial charge in [0, 0.05) is 5.75 Å². The molecule has 1 aliphatic heterocycles. The van der Waals surface area contributed by atoms with Crippen LogP contribution in [0.2, 0.25) is 0 Å². The van der Waals surface area contributed by atoms with Crippen molar-refractivity contribution in [2.75, 3.05) is 5.75 Å². The Hall–Kier alpha value is -2.78. The lowest BCUT2D eigenvalue weighted by molar-refractivity contribution is 1.42. The van der Waals surface area contributed by atoms with Gasteiger partial charge in [0.15, 0.2) is 5.17 Å². The van der Waals surface area contributed by atoms with E-state index in [1.54, 1.807) is 11.8 Å². The summed E-state index contributed by atoms with van der Waals surface area (Å²) in [6, 6.07) is 29.7. The molecule has 1 heterocycles. The number of hydrogen-bond acceptors (Lipinski definition) is 3. The quantitative estimate of drug-likeness (QED) is 0.777. The molecular formula is C22H18N2S. The van der Waals surface area contributed by atoms with Gasteiger partial charge in [-0.1, -0.05) is 96.7 Å². The van der Waals surface area contributed by atoms with Gasteiger partial charge in [0.2, 0.25) is 0 Å². The highest BCUT2D eigenvalue weighted by atomic mass is 32.2. The van der Waals surface area contributed by atoms with E-state index in [1.165, 1.54) is 21.9 Å². The average Bonchev–Trinajstić information content (AvgIpc) is 3.11. The van der Waals surface area contributed by atoms with Crippen LogP contribution in [0.4, 0.5) is 0 Å². The fourth-order valence-corrected chi connectivity index (χ4v) is 3.72. The summed E-state index contributed by atoms with van der Waals surface area (Å²) >= 11 is 1.59. The van der Waals surface area contributed by atoms with E-state index in [1.807, 2.05) is 12.1 Å². The fraction of sp³-hybridized carbons (Fsp3) is 0.0455. The molecule has 4 rings (SSSR count). The van der Waals surface area contributed by atoms with Gasteiger partial charge < -0.3 is 5.73 Å². The molecule has 1 aliphatic rings. The first-order valence-electron chi connectivity index (χ1n) is 8.22. The van der Waals surface area contributed by atoms with Gasteiger partial charge >= 0.3 is 0 Å². The Labute approximate surface area is 151 Å². The summed E-state index contributed by atoms with van der Waals surface area (Å²) in [6.07, 6.45) is 0. The molecule has 2 N–H and O–H groups in total. The molecule has 0 saturated carbocycles. The molecule has 0 spiro atoms. The van der Waals surface area contributed by atoms with Crippen LogP contribution >= 0.6 is 11.8 Å². The standard InChI is InChI=1S/C22H18N2S/c23-22-24-20(15-25-22)16-11-13-19(14-12-16)21(17-7-3-1-4-8-17)18-9-5-2-6-10-18/h1-14H,15H2,(H2,23,24). The van der Waals surface area contributed by atoms with Crippen molar-refractivity contribution in [2.24, 2.45) is 10.7 Å². The summed E-state index contributed by atoms with van der Waals surface area (Å²) < 4.78 is 0. The zero-order valence-corrected chi connectivity index (χ0v) is 14.5. The summed E-state index contributed by atoms with van der Waals surface area (Å²) in [5.41, 5.74) is 10.5. The summed E-state index contributed by atoms with van der Waals surface area (Å²) in [5.74, 6) is 0.846. The normalized spacial score (nSPS) is 13.6. The molecule has 25 heavy (non-hydrogen) atoms. The second-order valence-corrected chi connectivity index (χ2v) is 6.87. The van der Waals surface area contributed by atoms with Crippen LogP contribution < -0.4 is 16.2 Å². The van der Waals surface area contributed by atoms with E-state index in [0.29, 0.717) is 5.17 Å². The Morgan fingerprint density at radius 3 is 1.80 bits per heavy atom. The lowest BCUT2D eigenvalue weighted by Gasteiger charge is -2.09. The Balaban J connectivity index is 1.93. The van der Waals surface area contributed by atoms with E-state index in [2.05, 4.69) is 77.8 Å². The van der Waals surface area contributed by atoms with Crippen molar-refractivity contribution in [3.8, 4) is 0 Å². The molecule has 0 aromatic heterocycles. The minimum atomic E-state index is 0.653. The van der Waals surface area contributed by atoms with Crippen molar-refractivity contribution in [1.29, 1.82) is 0 Å². The van der Waals surface area contributed by atoms with Crippen molar-refractivity contribution in [2.45, 2.75) is 0 Å². The van der Waals surface area contributed by atoms with Crippen LogP contribution in [0.1, 0.15) is 11.1 Å². The molecule has 0 bridgehead atoms. The predicted molar refractivity (Wildman–Crippen MR) is 108 cm³/mol. The van der Waals surface area contributed by atoms with E-state index in [4.69, 9.17) is 5.73 Å². The van der Waals surface area contributed by atoms with Gasteiger partial charge in [-0.25, -0.2) is 4.99 Å². The van der Waals surface area contributed by atoms with Crippen molar-refractivity contribution in [3.63, 3.8) is 0 Å². The first-order chi connectivity index (χ1) is 12.3. The Kier molecular flexibility index (Phi) is 4.40. The average molecular weight is 342 g/mol. The van der Waals surface area contributed by atoms with Crippen molar-refractivity contribution < 1.29 is 0 Å². The number of thioether (sulfide) groups is 1. The number of nitrogens with two attached hydrogens (primary N) is 1. The lowest BCUT2D eigenvalue weighted by Crippen LogP contribution is -2.13. The largest absolute Gasteiger partial charge is 0.378 e. The highest BCUT2D eigenvalue weighted by molar-refractivity contribution is 8.14. The SMILES string of the molecule is NC1=NC(=c2ccc(=C(c3ccccc3)c3ccccc3)cc2)CS1. The maximum Gasteiger partial charge on any atom is 0.159 e. The van der Waals surface area contributed by atoms with E-state index in [9.17, 15) is 0 Å². The monoisotopic (exact) mass is 342 g/mol. The lowest BCUT2D eigenvalue weighted by atomic mass is 9.95. The maximum absolute atomic E-state index is 5.78. The molecule has 0 aliphatic carbocycles. The van der Waals surface area contributed by atoms with Gasteiger partial charge in [-0.05, 0) is 27.1 Å². The number of aliphatic imine (C=N–C) groups is 1. The van der Waals surface area contributed by atoms with Gasteiger partial charge in [-0.2, -0.15) is 0 Å². The van der Waals surface area contributed by atoms with Crippen LogP contribution in [0.5, 0.6) is 0 Å². The smallest absolute Gasteiger partial charge is 0.159 e. The molecule has 0 radical (unpaired) electrons. The molecule has 122 valence electrons. The van der Waals surface area contributed by atoms with Crippen molar-refractivity contribution in [1.82, 2.24) is 0 Å². The first-order valence-corrected chi connectivity index (χ1v) is 9.21. The maximum atomic E-state index is 5.78. The van der Waals surface area contributed by atoms with E-state index >= 15 is 0 Å². The number of hydrogen-bond donors (Lipinski definition) is 1. The number of amidine groups is 1. The predicted octanol–water partition coefficient (Wildman–Crippen LogP) is 3.10. The number of nitrogens with zero attached hydrogens (tertiary/aromatic N) is 1. The second-order valence-electron chi connectivity index (χ2n) is 5.87. The van der Waals surface area contributed by atoms with Crippen LogP contribution in [-0.4, -0.2) is 10.9 Å². The Morgan fingerprint density at radius 1 is 0.760 bits per heavy atom. The Bertz CT molecular complexity index is 973. The van der Waals surface area contributed by atoms with Gasteiger partial charge in [-0.3, -0.25) is 0 Å². The van der Waals surface area contributed by atoms with E-state index < -0.39 is 0 Å². The third kappa shape index (κ3) is 3.37. The third-order valence-corrected chi connectivity index (χ3v) is 5.04. The van der Waals surface area contributed by atoms with Crippen LogP contribution in [0.3, 0.4) is 0 Å². The van der Waals surface area contributed by atoms with Gasteiger partial charge in [-0.15, -0.1) is 0 Å². The molecule has 0 saturated heterocycles. The van der Waals surface area contributed by atoms with Crippen LogP contribution in [0.25, 0.3) is 11.3 Å². The van der Waals surface area contributed by atoms with Crippen molar-refractivity contribution >= 4 is 28.2 Å². The summed E-state index contributed by atoms with van der Waals surface area (Å²) in [7, 11) is 0. The van der Waals surface area contributed by atoms with E-state index in [-0.39, 0.29) is 0 Å². The molecule has 2 nitrogen and oxygen atoms in total. The van der Waals surface area contributed by atoms with Crippen LogP contribution in [-0.2, 0) is 0 Å². The minimum absolute atomic E-state index is 0.653. The Morgan fingerprint density at radius 2 is 1.32 bits per heavy atom. The molecule has 0 amide bonds. The summed E-state index contributed by atoms with van der Waals surface area (Å²) in [5, 5.41) is 2.99. The summed E-state index contributed by atoms with van der Waals surface area (Å²) in [6.45, 7) is 0. The number of benzene rings is 3. The van der Waals surface area contributed by atoms with Gasteiger partial charge in [0.05, 0.1) is 5.70 Å². The highest BCUT2D eigenvalue weighted by Gasteiger charge is 2.09. The van der Waals surface area contributed by atoms with Gasteiger partial charge in [0.25, 0.3) is 0 Å². The highest BCUT2D eigenvalue weighted by Crippen LogP contribution is 2.20. The fourth-order valence-electron chi connectivity index (χ4n) is 3.03. The topological polar surface area (TPSA) is 38.4 Å². The van der Waals surface area contributed by atoms with Crippen LogP contribution in [0, 0.1) is 0 Å². The molecule has 0 atom stereocenters. The molecule has 0 fully saturated rings. The molecule has 0 unspecified atom stereocenters. The molecular weight excluding hydrogens is 324 g/mol. The molecule has 3 heteroatoms. The van der Waals surface area contributed by atoms with Crippen LogP contribution in [0.15, 0.2) is 89.9 Å². The second kappa shape index (κ2) is 6.99. The minimum Gasteiger partial charge on any atom is -0.378 e. The van der Waals surface area contributed by atoms with E-state index in [0.717, 1.165) is 16.7 Å². The van der Waals surface area contributed by atoms with Crippen molar-refractivity contribution in [3.05, 3.63) is 106 Å². The molecule has 3 aromatic carbocycles.